The largest absolute Gasteiger partial charge is 0.309 e. The van der Waals surface area contributed by atoms with E-state index in [1.807, 2.05) is 36.4 Å². The molecule has 0 N–H and O–H groups in total. The average Bonchev–Trinajstić information content (AvgIpc) is 3.61. The number of benzene rings is 8. The van der Waals surface area contributed by atoms with Gasteiger partial charge in [0.2, 0.25) is 0 Å². The molecular formula is C51H34N4. The number of nitrogens with zero attached hydrogens (tertiary/aromatic N) is 4. The second kappa shape index (κ2) is 13.8. The lowest BCUT2D eigenvalue weighted by molar-refractivity contribution is 1.07. The van der Waals surface area contributed by atoms with Crippen LogP contribution >= 0.6 is 0 Å². The summed E-state index contributed by atoms with van der Waals surface area (Å²) >= 11 is 0. The van der Waals surface area contributed by atoms with Crippen molar-refractivity contribution in [2.24, 2.45) is 0 Å². The summed E-state index contributed by atoms with van der Waals surface area (Å²) in [4.78, 5) is 15.2. The summed E-state index contributed by atoms with van der Waals surface area (Å²) in [5.41, 5.74) is 13.2. The van der Waals surface area contributed by atoms with Crippen molar-refractivity contribution < 1.29 is 0 Å². The minimum absolute atomic E-state index is 0.626. The number of fused-ring (bicyclic) bond motifs is 3. The molecule has 0 aliphatic carbocycles. The molecule has 0 saturated heterocycles. The van der Waals surface area contributed by atoms with Crippen molar-refractivity contribution in [1.82, 2.24) is 19.5 Å². The first-order chi connectivity index (χ1) is 27.2. The summed E-state index contributed by atoms with van der Waals surface area (Å²) in [7, 11) is 0. The lowest BCUT2D eigenvalue weighted by Gasteiger charge is -2.12. The third-order valence-electron chi connectivity index (χ3n) is 10.3. The van der Waals surface area contributed by atoms with Gasteiger partial charge in [0.15, 0.2) is 17.5 Å². The molecule has 0 fully saturated rings. The van der Waals surface area contributed by atoms with E-state index in [0.29, 0.717) is 17.5 Å². The van der Waals surface area contributed by atoms with Gasteiger partial charge < -0.3 is 4.57 Å². The first kappa shape index (κ1) is 32.2. The van der Waals surface area contributed by atoms with Gasteiger partial charge in [-0.25, -0.2) is 15.0 Å². The molecule has 10 rings (SSSR count). The van der Waals surface area contributed by atoms with Gasteiger partial charge in [0.25, 0.3) is 0 Å². The maximum absolute atomic E-state index is 5.10. The van der Waals surface area contributed by atoms with Gasteiger partial charge in [-0.05, 0) is 88.0 Å². The van der Waals surface area contributed by atoms with Crippen LogP contribution in [0.2, 0.25) is 0 Å². The maximum Gasteiger partial charge on any atom is 0.164 e. The zero-order valence-corrected chi connectivity index (χ0v) is 29.9. The molecule has 2 heterocycles. The highest BCUT2D eigenvalue weighted by molar-refractivity contribution is 6.10. The van der Waals surface area contributed by atoms with Crippen molar-refractivity contribution in [3.8, 4) is 73.2 Å². The van der Waals surface area contributed by atoms with E-state index in [4.69, 9.17) is 15.0 Å². The van der Waals surface area contributed by atoms with E-state index in [2.05, 4.69) is 174 Å². The summed E-state index contributed by atoms with van der Waals surface area (Å²) in [5.74, 6) is 1.89. The fraction of sp³-hybridized carbons (Fsp3) is 0. The first-order valence-corrected chi connectivity index (χ1v) is 18.5. The molecule has 0 unspecified atom stereocenters. The highest BCUT2D eigenvalue weighted by Gasteiger charge is 2.16. The van der Waals surface area contributed by atoms with Gasteiger partial charge in [-0.15, -0.1) is 0 Å². The third kappa shape index (κ3) is 6.16. The van der Waals surface area contributed by atoms with Crippen LogP contribution in [-0.4, -0.2) is 19.5 Å². The van der Waals surface area contributed by atoms with Crippen LogP contribution in [0.4, 0.5) is 0 Å². The Labute approximate surface area is 319 Å². The van der Waals surface area contributed by atoms with Crippen molar-refractivity contribution in [3.63, 3.8) is 0 Å². The van der Waals surface area contributed by atoms with Crippen molar-refractivity contribution in [1.29, 1.82) is 0 Å². The van der Waals surface area contributed by atoms with Crippen LogP contribution < -0.4 is 0 Å². The molecule has 0 aliphatic rings. The lowest BCUT2D eigenvalue weighted by atomic mass is 9.98. The molecule has 4 heteroatoms. The molecule has 4 nitrogen and oxygen atoms in total. The normalized spacial score (nSPS) is 11.3. The van der Waals surface area contributed by atoms with Crippen LogP contribution in [-0.2, 0) is 0 Å². The minimum atomic E-state index is 0.626. The van der Waals surface area contributed by atoms with Crippen LogP contribution in [0.1, 0.15) is 0 Å². The number of hydrogen-bond donors (Lipinski definition) is 0. The van der Waals surface area contributed by atoms with Crippen LogP contribution in [0.3, 0.4) is 0 Å². The molecule has 0 radical (unpaired) electrons. The molecule has 0 bridgehead atoms. The highest BCUT2D eigenvalue weighted by atomic mass is 15.0. The Bertz CT molecular complexity index is 2950. The predicted molar refractivity (Wildman–Crippen MR) is 227 cm³/mol. The van der Waals surface area contributed by atoms with Crippen molar-refractivity contribution in [3.05, 3.63) is 206 Å². The van der Waals surface area contributed by atoms with Crippen molar-refractivity contribution >= 4 is 21.8 Å². The smallest absolute Gasteiger partial charge is 0.164 e. The summed E-state index contributed by atoms with van der Waals surface area (Å²) in [6.45, 7) is 0. The standard InChI is InChI=1S/C51H34N4/c1-4-14-35(15-5-1)39-20-12-21-40(32-39)41-22-13-23-43(33-41)51-53-49(37-18-8-3-9-19-37)52-50(54-51)38-26-29-44(30-27-38)55-47-25-11-10-24-45(47)46-34-42(28-31-48(46)55)36-16-6-2-7-17-36/h1-34H. The number of rotatable bonds is 7. The van der Waals surface area contributed by atoms with Gasteiger partial charge in [0.05, 0.1) is 11.0 Å². The number of para-hydroxylation sites is 1. The van der Waals surface area contributed by atoms with E-state index >= 15 is 0 Å². The predicted octanol–water partition coefficient (Wildman–Crippen LogP) is 13.0. The zero-order valence-electron chi connectivity index (χ0n) is 29.9. The highest BCUT2D eigenvalue weighted by Crippen LogP contribution is 2.36. The van der Waals surface area contributed by atoms with E-state index in [0.717, 1.165) is 39.0 Å². The first-order valence-electron chi connectivity index (χ1n) is 18.5. The molecule has 10 aromatic rings. The molecule has 2 aromatic heterocycles. The number of aromatic nitrogens is 4. The van der Waals surface area contributed by atoms with Crippen LogP contribution in [0.15, 0.2) is 206 Å². The Morgan fingerprint density at radius 2 is 0.655 bits per heavy atom. The van der Waals surface area contributed by atoms with Crippen LogP contribution in [0.5, 0.6) is 0 Å². The molecule has 0 aliphatic heterocycles. The van der Waals surface area contributed by atoms with E-state index < -0.39 is 0 Å². The second-order valence-electron chi connectivity index (χ2n) is 13.7. The minimum Gasteiger partial charge on any atom is -0.309 e. The maximum atomic E-state index is 5.10. The van der Waals surface area contributed by atoms with Gasteiger partial charge in [0, 0.05) is 33.2 Å². The summed E-state index contributed by atoms with van der Waals surface area (Å²) in [6.07, 6.45) is 0. The molecule has 0 amide bonds. The summed E-state index contributed by atoms with van der Waals surface area (Å²) < 4.78 is 2.34. The van der Waals surface area contributed by atoms with E-state index in [1.54, 1.807) is 0 Å². The summed E-state index contributed by atoms with van der Waals surface area (Å²) in [5, 5.41) is 2.45. The second-order valence-corrected chi connectivity index (χ2v) is 13.7. The Kier molecular flexibility index (Phi) is 8.12. The van der Waals surface area contributed by atoms with Gasteiger partial charge in [-0.1, -0.05) is 152 Å². The Balaban J connectivity index is 1.05. The number of hydrogen-bond acceptors (Lipinski definition) is 3. The Morgan fingerprint density at radius 3 is 1.27 bits per heavy atom. The average molecular weight is 703 g/mol. The Morgan fingerprint density at radius 1 is 0.255 bits per heavy atom. The molecule has 0 spiro atoms. The molecule has 8 aromatic carbocycles. The molecule has 0 saturated carbocycles. The lowest BCUT2D eigenvalue weighted by Crippen LogP contribution is -2.00. The van der Waals surface area contributed by atoms with Gasteiger partial charge in [-0.3, -0.25) is 0 Å². The van der Waals surface area contributed by atoms with E-state index in [9.17, 15) is 0 Å². The van der Waals surface area contributed by atoms with Gasteiger partial charge in [0.1, 0.15) is 0 Å². The van der Waals surface area contributed by atoms with Crippen LogP contribution in [0.25, 0.3) is 95.0 Å². The van der Waals surface area contributed by atoms with Crippen LogP contribution in [0, 0.1) is 0 Å². The van der Waals surface area contributed by atoms with E-state index in [1.165, 1.54) is 38.5 Å². The molecular weight excluding hydrogens is 669 g/mol. The zero-order chi connectivity index (χ0) is 36.6. The fourth-order valence-electron chi connectivity index (χ4n) is 7.52. The summed E-state index contributed by atoms with van der Waals surface area (Å²) in [6, 6.07) is 72.3. The SMILES string of the molecule is c1ccc(-c2cccc(-c3cccc(-c4nc(-c5ccccc5)nc(-c5ccc(-n6c7ccccc7c7cc(-c8ccccc8)ccc76)cc5)n4)c3)c2)cc1. The Hall–Kier alpha value is -7.43. The monoisotopic (exact) mass is 702 g/mol. The van der Waals surface area contributed by atoms with Crippen molar-refractivity contribution in [2.75, 3.05) is 0 Å². The third-order valence-corrected chi connectivity index (χ3v) is 10.3. The van der Waals surface area contributed by atoms with E-state index in [-0.39, 0.29) is 0 Å². The van der Waals surface area contributed by atoms with Gasteiger partial charge >= 0.3 is 0 Å². The van der Waals surface area contributed by atoms with Gasteiger partial charge in [-0.2, -0.15) is 0 Å². The fourth-order valence-corrected chi connectivity index (χ4v) is 7.52. The quantitative estimate of drug-likeness (QED) is 0.166. The molecule has 0 atom stereocenters. The van der Waals surface area contributed by atoms with Crippen molar-refractivity contribution in [2.45, 2.75) is 0 Å². The topological polar surface area (TPSA) is 43.6 Å². The molecule has 258 valence electrons. The molecule has 55 heavy (non-hydrogen) atoms.